The van der Waals surface area contributed by atoms with Gasteiger partial charge in [-0.05, 0) is 11.8 Å². The van der Waals surface area contributed by atoms with Gasteiger partial charge in [0.05, 0.1) is 4.92 Å². The maximum Gasteiger partial charge on any atom is 0.334 e. The second-order valence-corrected chi connectivity index (χ2v) is 6.63. The average Bonchev–Trinajstić information content (AvgIpc) is 2.32. The Balaban J connectivity index is 3.39. The van der Waals surface area contributed by atoms with Crippen LogP contribution in [0.2, 0.25) is 5.15 Å². The molecule has 1 atom stereocenters. The molecule has 0 aliphatic carbocycles. The van der Waals surface area contributed by atoms with Gasteiger partial charge in [-0.1, -0.05) is 45.7 Å². The molecule has 0 spiro atoms. The standard InChI is InChI=1S/C14H23ClN4O2/c1-6-7-10(14(2,3)4)18(5)13-12(19(20)21)9(16)8-11(15)17-13/h8,10H,6-7H2,1-5H3,(H2,16,17). The van der Waals surface area contributed by atoms with Crippen LogP contribution in [0.25, 0.3) is 0 Å². The van der Waals surface area contributed by atoms with Gasteiger partial charge in [0.1, 0.15) is 10.8 Å². The first-order chi connectivity index (χ1) is 9.59. The van der Waals surface area contributed by atoms with E-state index in [4.69, 9.17) is 17.3 Å². The Hall–Kier alpha value is -1.56. The third kappa shape index (κ3) is 3.97. The molecule has 0 saturated heterocycles. The molecule has 21 heavy (non-hydrogen) atoms. The summed E-state index contributed by atoms with van der Waals surface area (Å²) in [5.74, 6) is 0.221. The van der Waals surface area contributed by atoms with Crippen LogP contribution in [0.15, 0.2) is 6.07 Å². The van der Waals surface area contributed by atoms with Gasteiger partial charge in [0.15, 0.2) is 0 Å². The summed E-state index contributed by atoms with van der Waals surface area (Å²) in [6, 6.07) is 1.40. The minimum Gasteiger partial charge on any atom is -0.393 e. The summed E-state index contributed by atoms with van der Waals surface area (Å²) in [7, 11) is 1.80. The number of nitrogens with two attached hydrogens (primary N) is 1. The Morgan fingerprint density at radius 2 is 2.10 bits per heavy atom. The van der Waals surface area contributed by atoms with E-state index >= 15 is 0 Å². The number of aromatic nitrogens is 1. The molecule has 0 saturated carbocycles. The molecule has 6 nitrogen and oxygen atoms in total. The highest BCUT2D eigenvalue weighted by Gasteiger charge is 2.33. The van der Waals surface area contributed by atoms with Crippen molar-refractivity contribution in [3.05, 3.63) is 21.3 Å². The molecule has 1 aromatic rings. The monoisotopic (exact) mass is 314 g/mol. The Kier molecular flexibility index (Phi) is 5.39. The number of pyridine rings is 1. The lowest BCUT2D eigenvalue weighted by atomic mass is 9.83. The van der Waals surface area contributed by atoms with Crippen LogP contribution >= 0.6 is 11.6 Å². The first-order valence-electron chi connectivity index (χ1n) is 6.92. The molecular formula is C14H23ClN4O2. The number of hydrogen-bond acceptors (Lipinski definition) is 5. The summed E-state index contributed by atoms with van der Waals surface area (Å²) in [5, 5.41) is 11.5. The fourth-order valence-corrected chi connectivity index (χ4v) is 2.77. The van der Waals surface area contributed by atoms with E-state index < -0.39 is 4.92 Å². The van der Waals surface area contributed by atoms with E-state index in [9.17, 15) is 10.1 Å². The number of nitrogen functional groups attached to an aromatic ring is 1. The lowest BCUT2D eigenvalue weighted by molar-refractivity contribution is -0.383. The van der Waals surface area contributed by atoms with Crippen LogP contribution in [-0.2, 0) is 0 Å². The lowest BCUT2D eigenvalue weighted by Gasteiger charge is -2.38. The van der Waals surface area contributed by atoms with Crippen molar-refractivity contribution in [2.45, 2.75) is 46.6 Å². The van der Waals surface area contributed by atoms with Crippen molar-refractivity contribution >= 4 is 28.8 Å². The van der Waals surface area contributed by atoms with Crippen LogP contribution < -0.4 is 10.6 Å². The molecule has 1 aromatic heterocycles. The highest BCUT2D eigenvalue weighted by molar-refractivity contribution is 6.30. The van der Waals surface area contributed by atoms with Gasteiger partial charge in [-0.15, -0.1) is 0 Å². The van der Waals surface area contributed by atoms with Crippen molar-refractivity contribution in [2.24, 2.45) is 5.41 Å². The maximum absolute atomic E-state index is 11.3. The summed E-state index contributed by atoms with van der Waals surface area (Å²) in [4.78, 5) is 16.8. The molecule has 0 aromatic carbocycles. The highest BCUT2D eigenvalue weighted by atomic mass is 35.5. The largest absolute Gasteiger partial charge is 0.393 e. The van der Waals surface area contributed by atoms with Crippen LogP contribution in [0.5, 0.6) is 0 Å². The second kappa shape index (κ2) is 6.47. The predicted molar refractivity (Wildman–Crippen MR) is 86.9 cm³/mol. The summed E-state index contributed by atoms with van der Waals surface area (Å²) in [6.45, 7) is 8.39. The lowest BCUT2D eigenvalue weighted by Crippen LogP contribution is -2.42. The van der Waals surface area contributed by atoms with Gasteiger partial charge in [0.25, 0.3) is 0 Å². The van der Waals surface area contributed by atoms with Gasteiger partial charge in [-0.25, -0.2) is 4.98 Å². The molecular weight excluding hydrogens is 292 g/mol. The summed E-state index contributed by atoms with van der Waals surface area (Å²) in [6.07, 6.45) is 1.86. The number of rotatable bonds is 5. The van der Waals surface area contributed by atoms with E-state index in [2.05, 4.69) is 32.7 Å². The molecule has 0 aliphatic rings. The molecule has 1 unspecified atom stereocenters. The van der Waals surface area contributed by atoms with Crippen molar-refractivity contribution in [3.63, 3.8) is 0 Å². The fraction of sp³-hybridized carbons (Fsp3) is 0.643. The zero-order valence-electron chi connectivity index (χ0n) is 13.2. The van der Waals surface area contributed by atoms with Crippen LogP contribution in [0.4, 0.5) is 17.2 Å². The summed E-state index contributed by atoms with van der Waals surface area (Å²) < 4.78 is 0. The second-order valence-electron chi connectivity index (χ2n) is 6.24. The van der Waals surface area contributed by atoms with Crippen LogP contribution in [0, 0.1) is 15.5 Å². The van der Waals surface area contributed by atoms with Crippen molar-refractivity contribution in [1.29, 1.82) is 0 Å². The normalized spacial score (nSPS) is 13.0. The number of anilines is 2. The van der Waals surface area contributed by atoms with Gasteiger partial charge >= 0.3 is 5.69 Å². The zero-order valence-corrected chi connectivity index (χ0v) is 13.9. The van der Waals surface area contributed by atoms with Gasteiger partial charge in [0.2, 0.25) is 5.82 Å². The van der Waals surface area contributed by atoms with E-state index in [0.717, 1.165) is 12.8 Å². The number of halogens is 1. The SMILES string of the molecule is CCCC(N(C)c1nc(Cl)cc(N)c1[N+](=O)[O-])C(C)(C)C. The van der Waals surface area contributed by atoms with E-state index in [1.54, 1.807) is 7.05 Å². The third-order valence-corrected chi connectivity index (χ3v) is 3.71. The van der Waals surface area contributed by atoms with Crippen molar-refractivity contribution in [3.8, 4) is 0 Å². The molecule has 0 radical (unpaired) electrons. The van der Waals surface area contributed by atoms with Crippen molar-refractivity contribution < 1.29 is 4.92 Å². The minimum absolute atomic E-state index is 0.0333. The van der Waals surface area contributed by atoms with E-state index in [1.807, 2.05) is 4.90 Å². The van der Waals surface area contributed by atoms with E-state index in [-0.39, 0.29) is 33.8 Å². The molecule has 0 amide bonds. The molecule has 1 heterocycles. The number of hydrogen-bond donors (Lipinski definition) is 1. The fourth-order valence-electron chi connectivity index (χ4n) is 2.57. The smallest absolute Gasteiger partial charge is 0.334 e. The molecule has 0 aliphatic heterocycles. The van der Waals surface area contributed by atoms with Gasteiger partial charge in [-0.3, -0.25) is 10.1 Å². The molecule has 118 valence electrons. The molecule has 7 heteroatoms. The quantitative estimate of drug-likeness (QED) is 0.506. The molecule has 1 rings (SSSR count). The Bertz CT molecular complexity index is 528. The van der Waals surface area contributed by atoms with Crippen LogP contribution in [-0.4, -0.2) is 23.0 Å². The molecule has 2 N–H and O–H groups in total. The topological polar surface area (TPSA) is 85.3 Å². The minimum atomic E-state index is -0.504. The summed E-state index contributed by atoms with van der Waals surface area (Å²) in [5.41, 5.74) is 5.54. The highest BCUT2D eigenvalue weighted by Crippen LogP contribution is 2.38. The Morgan fingerprint density at radius 1 is 1.52 bits per heavy atom. The van der Waals surface area contributed by atoms with Gasteiger partial charge in [0, 0.05) is 19.2 Å². The zero-order chi connectivity index (χ0) is 16.4. The van der Waals surface area contributed by atoms with Crippen molar-refractivity contribution in [1.82, 2.24) is 4.98 Å². The van der Waals surface area contributed by atoms with Gasteiger partial charge < -0.3 is 10.6 Å². The van der Waals surface area contributed by atoms with Crippen LogP contribution in [0.3, 0.4) is 0 Å². The first kappa shape index (κ1) is 17.5. The van der Waals surface area contributed by atoms with Crippen molar-refractivity contribution in [2.75, 3.05) is 17.7 Å². The first-order valence-corrected chi connectivity index (χ1v) is 7.30. The summed E-state index contributed by atoms with van der Waals surface area (Å²) >= 11 is 5.93. The Morgan fingerprint density at radius 3 is 2.52 bits per heavy atom. The molecule has 0 bridgehead atoms. The number of nitrogens with zero attached hydrogens (tertiary/aromatic N) is 3. The maximum atomic E-state index is 11.3. The van der Waals surface area contributed by atoms with Gasteiger partial charge in [-0.2, -0.15) is 0 Å². The third-order valence-electron chi connectivity index (χ3n) is 3.52. The van der Waals surface area contributed by atoms with Crippen LogP contribution in [0.1, 0.15) is 40.5 Å². The van der Waals surface area contributed by atoms with E-state index in [0.29, 0.717) is 0 Å². The number of nitro groups is 1. The predicted octanol–water partition coefficient (Wildman–Crippen LogP) is 3.88. The average molecular weight is 315 g/mol. The molecule has 0 fully saturated rings. The Labute approximate surface area is 130 Å². The van der Waals surface area contributed by atoms with E-state index in [1.165, 1.54) is 6.07 Å².